The summed E-state index contributed by atoms with van der Waals surface area (Å²) in [6, 6.07) is 32.6. The van der Waals surface area contributed by atoms with E-state index >= 15 is 0 Å². The van der Waals surface area contributed by atoms with Crippen molar-refractivity contribution in [1.82, 2.24) is 4.90 Å². The Morgan fingerprint density at radius 2 is 1.54 bits per heavy atom. The first kappa shape index (κ1) is 26.7. The summed E-state index contributed by atoms with van der Waals surface area (Å²) in [6.07, 6.45) is 3.97. The predicted octanol–water partition coefficient (Wildman–Crippen LogP) is 6.81. The van der Waals surface area contributed by atoms with Crippen LogP contribution in [0.15, 0.2) is 91.0 Å². The van der Waals surface area contributed by atoms with Gasteiger partial charge in [-0.25, -0.2) is 0 Å². The quantitative estimate of drug-likeness (QED) is 0.282. The van der Waals surface area contributed by atoms with Gasteiger partial charge in [-0.1, -0.05) is 0 Å². The molecule has 0 unspecified atom stereocenters. The molecular weight excluding hydrogens is 521 g/mol. The van der Waals surface area contributed by atoms with E-state index in [0.717, 1.165) is 18.9 Å². The Balaban J connectivity index is 1.53. The summed E-state index contributed by atoms with van der Waals surface area (Å²) in [7, 11) is 1.87. The van der Waals surface area contributed by atoms with Gasteiger partial charge in [0.1, 0.15) is 0 Å². The summed E-state index contributed by atoms with van der Waals surface area (Å²) >= 11 is 0.229. The second-order valence-corrected chi connectivity index (χ2v) is 14.1. The molecule has 0 bridgehead atoms. The Morgan fingerprint density at radius 3 is 2.19 bits per heavy atom. The zero-order valence-electron chi connectivity index (χ0n) is 22.6. The molecular formula is C33H41NO2Se. The molecule has 4 heteroatoms. The van der Waals surface area contributed by atoms with Crippen LogP contribution in [0.25, 0.3) is 0 Å². The summed E-state index contributed by atoms with van der Waals surface area (Å²) in [5.74, 6) is 1.26. The van der Waals surface area contributed by atoms with E-state index in [1.807, 2.05) is 7.11 Å². The van der Waals surface area contributed by atoms with Crippen molar-refractivity contribution in [3.63, 3.8) is 0 Å². The molecule has 196 valence electrons. The van der Waals surface area contributed by atoms with Crippen LogP contribution in [-0.4, -0.2) is 45.2 Å². The fourth-order valence-corrected chi connectivity index (χ4v) is 9.16. The van der Waals surface area contributed by atoms with Gasteiger partial charge in [0, 0.05) is 0 Å². The van der Waals surface area contributed by atoms with E-state index in [9.17, 15) is 0 Å². The van der Waals surface area contributed by atoms with E-state index in [4.69, 9.17) is 9.47 Å². The number of methoxy groups -OCH3 is 1. The van der Waals surface area contributed by atoms with Crippen LogP contribution in [0, 0.1) is 11.8 Å². The van der Waals surface area contributed by atoms with E-state index in [0.29, 0.717) is 16.8 Å². The van der Waals surface area contributed by atoms with Gasteiger partial charge in [-0.05, 0) is 0 Å². The van der Waals surface area contributed by atoms with Crippen molar-refractivity contribution >= 4 is 19.4 Å². The number of nitrogens with zero attached hydrogens (tertiary/aromatic N) is 1. The Kier molecular flexibility index (Phi) is 8.53. The van der Waals surface area contributed by atoms with Crippen LogP contribution in [0.5, 0.6) is 0 Å². The summed E-state index contributed by atoms with van der Waals surface area (Å²) < 4.78 is 14.8. The van der Waals surface area contributed by atoms with Gasteiger partial charge in [0.15, 0.2) is 0 Å². The SMILES string of the molecule is CO[C@@H](c1ccccc1)[C@@H](CN1[C@H](c2ccccc2)O[C@@H]2C[C@H](C)CC[C@H]2C1(C)C)[Se]c1ccccc1. The van der Waals surface area contributed by atoms with E-state index in [1.54, 1.807) is 0 Å². The molecule has 0 radical (unpaired) electrons. The maximum atomic E-state index is 7.06. The van der Waals surface area contributed by atoms with Crippen LogP contribution in [-0.2, 0) is 9.47 Å². The van der Waals surface area contributed by atoms with E-state index in [-0.39, 0.29) is 32.8 Å². The van der Waals surface area contributed by atoms with Gasteiger partial charge in [-0.15, -0.1) is 0 Å². The van der Waals surface area contributed by atoms with Gasteiger partial charge in [-0.3, -0.25) is 0 Å². The predicted molar refractivity (Wildman–Crippen MR) is 153 cm³/mol. The normalized spacial score (nSPS) is 27.2. The molecule has 6 atom stereocenters. The second kappa shape index (κ2) is 11.8. The van der Waals surface area contributed by atoms with Crippen molar-refractivity contribution in [3.8, 4) is 0 Å². The Bertz CT molecular complexity index is 1110. The van der Waals surface area contributed by atoms with E-state index in [2.05, 4.69) is 117 Å². The summed E-state index contributed by atoms with van der Waals surface area (Å²) in [4.78, 5) is 3.01. The van der Waals surface area contributed by atoms with Gasteiger partial charge < -0.3 is 0 Å². The standard InChI is InChI=1S/C33H41NO2Se/c1-24-20-21-28-29(22-24)36-32(26-16-10-6-11-17-26)34(33(28,2)3)23-30(37-27-18-12-7-13-19-27)31(35-4)25-14-8-5-9-15-25/h5-19,24,28-32H,20-23H2,1-4H3/t24-,28-,29-,30-,31+,32+/m1/s1. The van der Waals surface area contributed by atoms with Crippen LogP contribution in [0.2, 0.25) is 4.82 Å². The van der Waals surface area contributed by atoms with Crippen LogP contribution in [0.1, 0.15) is 63.5 Å². The molecule has 2 aliphatic rings. The molecule has 0 amide bonds. The summed E-state index contributed by atoms with van der Waals surface area (Å²) in [5.41, 5.74) is 2.53. The van der Waals surface area contributed by atoms with Crippen molar-refractivity contribution in [2.24, 2.45) is 11.8 Å². The molecule has 37 heavy (non-hydrogen) atoms. The molecule has 1 heterocycles. The molecule has 0 N–H and O–H groups in total. The molecule has 2 fully saturated rings. The van der Waals surface area contributed by atoms with Crippen molar-refractivity contribution < 1.29 is 9.47 Å². The van der Waals surface area contributed by atoms with E-state index in [1.165, 1.54) is 28.4 Å². The zero-order valence-corrected chi connectivity index (χ0v) is 24.3. The number of benzene rings is 3. The van der Waals surface area contributed by atoms with Gasteiger partial charge in [0.05, 0.1) is 0 Å². The molecule has 0 spiro atoms. The molecule has 3 aromatic rings. The van der Waals surface area contributed by atoms with Crippen LogP contribution in [0.3, 0.4) is 0 Å². The summed E-state index contributed by atoms with van der Waals surface area (Å²) in [5, 5.41) is 0. The minimum absolute atomic E-state index is 0.0174. The average Bonchev–Trinajstić information content (AvgIpc) is 2.92. The third-order valence-electron chi connectivity index (χ3n) is 8.50. The fourth-order valence-electron chi connectivity index (χ4n) is 6.46. The molecule has 5 rings (SSSR count). The number of hydrogen-bond donors (Lipinski definition) is 0. The van der Waals surface area contributed by atoms with Crippen LogP contribution < -0.4 is 4.46 Å². The zero-order chi connectivity index (χ0) is 25.8. The molecule has 3 nitrogen and oxygen atoms in total. The van der Waals surface area contributed by atoms with Crippen LogP contribution >= 0.6 is 0 Å². The van der Waals surface area contributed by atoms with Crippen molar-refractivity contribution in [3.05, 3.63) is 102 Å². The molecule has 1 aliphatic carbocycles. The monoisotopic (exact) mass is 563 g/mol. The van der Waals surface area contributed by atoms with Crippen molar-refractivity contribution in [1.29, 1.82) is 0 Å². The third-order valence-corrected chi connectivity index (χ3v) is 11.1. The van der Waals surface area contributed by atoms with Gasteiger partial charge >= 0.3 is 230 Å². The van der Waals surface area contributed by atoms with Crippen molar-refractivity contribution in [2.75, 3.05) is 13.7 Å². The number of hydrogen-bond acceptors (Lipinski definition) is 3. The molecule has 1 saturated heterocycles. The maximum absolute atomic E-state index is 7.06. The van der Waals surface area contributed by atoms with Crippen molar-refractivity contribution in [2.45, 2.75) is 68.8 Å². The first-order valence-electron chi connectivity index (χ1n) is 13.7. The fraction of sp³-hybridized carbons (Fsp3) is 0.455. The molecule has 0 aromatic heterocycles. The molecule has 1 saturated carbocycles. The van der Waals surface area contributed by atoms with Crippen LogP contribution in [0.4, 0.5) is 0 Å². The van der Waals surface area contributed by atoms with E-state index < -0.39 is 0 Å². The molecule has 1 aliphatic heterocycles. The Labute approximate surface area is 229 Å². The second-order valence-electron chi connectivity index (χ2n) is 11.3. The number of rotatable bonds is 8. The Morgan fingerprint density at radius 1 is 0.919 bits per heavy atom. The third kappa shape index (κ3) is 5.90. The first-order valence-corrected chi connectivity index (χ1v) is 15.6. The first-order chi connectivity index (χ1) is 18.0. The number of fused-ring (bicyclic) bond motifs is 1. The topological polar surface area (TPSA) is 21.7 Å². The average molecular weight is 563 g/mol. The Hall–Kier alpha value is -1.94. The van der Waals surface area contributed by atoms with Gasteiger partial charge in [-0.2, -0.15) is 0 Å². The van der Waals surface area contributed by atoms with Gasteiger partial charge in [0.25, 0.3) is 0 Å². The van der Waals surface area contributed by atoms with Gasteiger partial charge in [0.2, 0.25) is 0 Å². The number of ether oxygens (including phenoxy) is 2. The minimum atomic E-state index is -0.0508. The molecule has 3 aromatic carbocycles. The summed E-state index contributed by atoms with van der Waals surface area (Å²) in [6.45, 7) is 8.25.